The molecule has 1 aliphatic rings. The zero-order valence-corrected chi connectivity index (χ0v) is 12.4. The van der Waals surface area contributed by atoms with E-state index in [0.717, 1.165) is 12.0 Å². The summed E-state index contributed by atoms with van der Waals surface area (Å²) in [5.74, 6) is 0.956. The van der Waals surface area contributed by atoms with Gasteiger partial charge in [0, 0.05) is 15.8 Å². The highest BCUT2D eigenvalue weighted by Crippen LogP contribution is 2.41. The van der Waals surface area contributed by atoms with E-state index in [-0.39, 0.29) is 10.6 Å². The smallest absolute Gasteiger partial charge is 0.124 e. The van der Waals surface area contributed by atoms with Crippen LogP contribution in [0.2, 0.25) is 5.02 Å². The van der Waals surface area contributed by atoms with Crippen LogP contribution in [-0.2, 0) is 6.42 Å². The van der Waals surface area contributed by atoms with Gasteiger partial charge in [-0.2, -0.15) is 11.8 Å². The number of hydrogen-bond donors (Lipinski definition) is 1. The molecule has 1 aliphatic heterocycles. The molecule has 0 saturated carbocycles. The summed E-state index contributed by atoms with van der Waals surface area (Å²) in [6.45, 7) is 2.31. The number of halogens is 2. The fourth-order valence-corrected chi connectivity index (χ4v) is 4.30. The van der Waals surface area contributed by atoms with Crippen LogP contribution in [0.3, 0.4) is 0 Å². The Morgan fingerprint density at radius 3 is 2.89 bits per heavy atom. The summed E-state index contributed by atoms with van der Waals surface area (Å²) >= 11 is 8.13. The maximum atomic E-state index is 13.0. The first-order valence-corrected chi connectivity index (χ1v) is 7.67. The zero-order valence-electron chi connectivity index (χ0n) is 10.8. The van der Waals surface area contributed by atoms with E-state index in [1.807, 2.05) is 18.8 Å². The normalized spacial score (nSPS) is 25.3. The summed E-state index contributed by atoms with van der Waals surface area (Å²) < 4.78 is 13.3. The van der Waals surface area contributed by atoms with Crippen molar-refractivity contribution in [2.45, 2.75) is 37.0 Å². The molecule has 100 valence electrons. The molecule has 1 aromatic carbocycles. The van der Waals surface area contributed by atoms with Crippen molar-refractivity contribution in [2.75, 3.05) is 12.8 Å². The molecule has 2 unspecified atom stereocenters. The number of likely N-dealkylation sites (N-methyl/N-ethyl adjacent to an activating group) is 1. The maximum absolute atomic E-state index is 13.0. The van der Waals surface area contributed by atoms with E-state index < -0.39 is 0 Å². The van der Waals surface area contributed by atoms with Gasteiger partial charge < -0.3 is 5.32 Å². The summed E-state index contributed by atoms with van der Waals surface area (Å²) in [5.41, 5.74) is 1.02. The highest BCUT2D eigenvalue weighted by Gasteiger charge is 2.37. The second kappa shape index (κ2) is 5.81. The van der Waals surface area contributed by atoms with Crippen LogP contribution >= 0.6 is 23.4 Å². The van der Waals surface area contributed by atoms with E-state index in [0.29, 0.717) is 11.1 Å². The van der Waals surface area contributed by atoms with E-state index in [4.69, 9.17) is 11.6 Å². The quantitative estimate of drug-likeness (QED) is 0.901. The lowest BCUT2D eigenvalue weighted by molar-refractivity contribution is 0.424. The van der Waals surface area contributed by atoms with E-state index >= 15 is 0 Å². The Morgan fingerprint density at radius 2 is 2.33 bits per heavy atom. The van der Waals surface area contributed by atoms with Gasteiger partial charge in [0.15, 0.2) is 0 Å². The molecular weight excluding hydrogens is 269 g/mol. The van der Waals surface area contributed by atoms with Crippen LogP contribution in [0.5, 0.6) is 0 Å². The second-order valence-corrected chi connectivity index (χ2v) is 7.08. The molecule has 1 fully saturated rings. The standard InChI is InChI=1S/C14H19ClFNS/c1-14(6-3-7-18-14)13(17-2)8-10-4-5-11(16)9-12(10)15/h4-5,9,13,17H,3,6-8H2,1-2H3. The average molecular weight is 288 g/mol. The molecule has 1 saturated heterocycles. The number of hydrogen-bond acceptors (Lipinski definition) is 2. The molecule has 18 heavy (non-hydrogen) atoms. The van der Waals surface area contributed by atoms with Crippen molar-refractivity contribution in [3.05, 3.63) is 34.6 Å². The van der Waals surface area contributed by atoms with Gasteiger partial charge >= 0.3 is 0 Å². The van der Waals surface area contributed by atoms with Crippen LogP contribution in [0, 0.1) is 5.82 Å². The fraction of sp³-hybridized carbons (Fsp3) is 0.571. The summed E-state index contributed by atoms with van der Waals surface area (Å²) in [4.78, 5) is 0. The van der Waals surface area contributed by atoms with Crippen molar-refractivity contribution >= 4 is 23.4 Å². The molecule has 0 amide bonds. The van der Waals surface area contributed by atoms with E-state index in [1.54, 1.807) is 6.07 Å². The van der Waals surface area contributed by atoms with Crippen molar-refractivity contribution in [3.63, 3.8) is 0 Å². The Morgan fingerprint density at radius 1 is 1.56 bits per heavy atom. The molecule has 0 spiro atoms. The summed E-state index contributed by atoms with van der Waals surface area (Å²) in [6.07, 6.45) is 3.34. The van der Waals surface area contributed by atoms with E-state index in [2.05, 4.69) is 12.2 Å². The highest BCUT2D eigenvalue weighted by atomic mass is 35.5. The molecule has 1 nitrogen and oxygen atoms in total. The lowest BCUT2D eigenvalue weighted by Crippen LogP contribution is -2.45. The highest BCUT2D eigenvalue weighted by molar-refractivity contribution is 8.00. The fourth-order valence-electron chi connectivity index (χ4n) is 2.61. The topological polar surface area (TPSA) is 12.0 Å². The van der Waals surface area contributed by atoms with Gasteiger partial charge in [0.2, 0.25) is 0 Å². The third-order valence-corrected chi connectivity index (χ3v) is 5.77. The molecular formula is C14H19ClFNS. The molecule has 1 heterocycles. The van der Waals surface area contributed by atoms with Crippen molar-refractivity contribution in [1.82, 2.24) is 5.32 Å². The largest absolute Gasteiger partial charge is 0.315 e. The first kappa shape index (κ1) is 14.2. The number of benzene rings is 1. The Kier molecular flexibility index (Phi) is 4.57. The number of rotatable bonds is 4. The van der Waals surface area contributed by atoms with Gasteiger partial charge in [-0.25, -0.2) is 4.39 Å². The van der Waals surface area contributed by atoms with Gasteiger partial charge in [0.25, 0.3) is 0 Å². The molecule has 2 rings (SSSR count). The van der Waals surface area contributed by atoms with Crippen molar-refractivity contribution in [2.24, 2.45) is 0 Å². The van der Waals surface area contributed by atoms with Crippen molar-refractivity contribution in [1.29, 1.82) is 0 Å². The number of thioether (sulfide) groups is 1. The minimum absolute atomic E-state index is 0.256. The molecule has 1 N–H and O–H groups in total. The van der Waals surface area contributed by atoms with Gasteiger partial charge in [-0.05, 0) is 56.7 Å². The molecule has 4 heteroatoms. The van der Waals surface area contributed by atoms with E-state index in [9.17, 15) is 4.39 Å². The van der Waals surface area contributed by atoms with Crippen LogP contribution in [0.1, 0.15) is 25.3 Å². The van der Waals surface area contributed by atoms with Gasteiger partial charge in [0.05, 0.1) is 0 Å². The maximum Gasteiger partial charge on any atom is 0.124 e. The first-order chi connectivity index (χ1) is 8.55. The van der Waals surface area contributed by atoms with Crippen LogP contribution < -0.4 is 5.32 Å². The minimum Gasteiger partial charge on any atom is -0.315 e. The van der Waals surface area contributed by atoms with Gasteiger partial charge in [-0.3, -0.25) is 0 Å². The Balaban J connectivity index is 2.15. The zero-order chi connectivity index (χ0) is 13.2. The Labute approximate surface area is 117 Å². The van der Waals surface area contributed by atoms with Crippen LogP contribution in [0.25, 0.3) is 0 Å². The Bertz CT molecular complexity index is 418. The molecule has 0 radical (unpaired) electrons. The van der Waals surface area contributed by atoms with Crippen LogP contribution in [0.4, 0.5) is 4.39 Å². The van der Waals surface area contributed by atoms with Crippen LogP contribution in [0.15, 0.2) is 18.2 Å². The van der Waals surface area contributed by atoms with Gasteiger partial charge in [-0.1, -0.05) is 17.7 Å². The van der Waals surface area contributed by atoms with Crippen LogP contribution in [-0.4, -0.2) is 23.6 Å². The SMILES string of the molecule is CNC(Cc1ccc(F)cc1Cl)C1(C)CCCS1. The van der Waals surface area contributed by atoms with Crippen molar-refractivity contribution in [3.8, 4) is 0 Å². The molecule has 0 aromatic heterocycles. The second-order valence-electron chi connectivity index (χ2n) is 5.05. The predicted octanol–water partition coefficient (Wildman–Crippen LogP) is 3.90. The Hall–Kier alpha value is -0.250. The van der Waals surface area contributed by atoms with Gasteiger partial charge in [-0.15, -0.1) is 0 Å². The summed E-state index contributed by atoms with van der Waals surface area (Å²) in [5, 5.41) is 3.93. The third kappa shape index (κ3) is 3.01. The minimum atomic E-state index is -0.272. The lowest BCUT2D eigenvalue weighted by atomic mass is 9.91. The molecule has 0 bridgehead atoms. The monoisotopic (exact) mass is 287 g/mol. The molecule has 1 aromatic rings. The summed E-state index contributed by atoms with van der Waals surface area (Å²) in [6, 6.07) is 5.05. The number of nitrogens with one attached hydrogen (secondary N) is 1. The average Bonchev–Trinajstić information content (AvgIpc) is 2.76. The summed E-state index contributed by atoms with van der Waals surface area (Å²) in [7, 11) is 1.99. The lowest BCUT2D eigenvalue weighted by Gasteiger charge is -2.33. The third-order valence-electron chi connectivity index (χ3n) is 3.77. The van der Waals surface area contributed by atoms with E-state index in [1.165, 1.54) is 30.7 Å². The first-order valence-electron chi connectivity index (χ1n) is 6.30. The van der Waals surface area contributed by atoms with Crippen molar-refractivity contribution < 1.29 is 4.39 Å². The van der Waals surface area contributed by atoms with Gasteiger partial charge in [0.1, 0.15) is 5.82 Å². The molecule has 2 atom stereocenters. The predicted molar refractivity (Wildman–Crippen MR) is 78.1 cm³/mol. The molecule has 0 aliphatic carbocycles.